The minimum absolute atomic E-state index is 0.248. The Morgan fingerprint density at radius 3 is 2.59 bits per heavy atom. The lowest BCUT2D eigenvalue weighted by Gasteiger charge is -2.29. The van der Waals surface area contributed by atoms with E-state index < -0.39 is 0 Å². The maximum Gasteiger partial charge on any atom is 0.129 e. The van der Waals surface area contributed by atoms with Crippen molar-refractivity contribution in [1.82, 2.24) is 10.6 Å². The lowest BCUT2D eigenvalue weighted by atomic mass is 10.0. The van der Waals surface area contributed by atoms with Gasteiger partial charge in [0, 0.05) is 36.4 Å². The van der Waals surface area contributed by atoms with Crippen molar-refractivity contribution < 1.29 is 0 Å². The van der Waals surface area contributed by atoms with Gasteiger partial charge in [-0.3, -0.25) is 26.8 Å². The molecule has 0 spiro atoms. The van der Waals surface area contributed by atoms with Gasteiger partial charge in [-0.15, -0.1) is 0 Å². The van der Waals surface area contributed by atoms with Crippen molar-refractivity contribution in [3.8, 4) is 0 Å². The highest BCUT2D eigenvalue weighted by atomic mass is 35.5. The molecule has 150 valence electrons. The van der Waals surface area contributed by atoms with E-state index in [2.05, 4.69) is 21.6 Å². The number of nitrogens with zero attached hydrogens (tertiary/aromatic N) is 2. The molecule has 29 heavy (non-hydrogen) atoms. The van der Waals surface area contributed by atoms with Crippen LogP contribution in [0, 0.1) is 10.8 Å². The molecule has 1 unspecified atom stereocenters. The zero-order valence-electron chi connectivity index (χ0n) is 16.2. The van der Waals surface area contributed by atoms with Gasteiger partial charge in [0.1, 0.15) is 18.0 Å². The predicted molar refractivity (Wildman–Crippen MR) is 120 cm³/mol. The minimum Gasteiger partial charge on any atom is -0.364 e. The summed E-state index contributed by atoms with van der Waals surface area (Å²) < 4.78 is 0. The summed E-state index contributed by atoms with van der Waals surface area (Å²) in [6.45, 7) is 3.02. The zero-order valence-corrected chi connectivity index (χ0v) is 16.9. The fraction of sp³-hybridized carbons (Fsp3) is 0.238. The first-order chi connectivity index (χ1) is 13.9. The molecule has 6 N–H and O–H groups in total. The van der Waals surface area contributed by atoms with Crippen LogP contribution in [-0.4, -0.2) is 31.1 Å². The van der Waals surface area contributed by atoms with Gasteiger partial charge in [0.15, 0.2) is 0 Å². The third kappa shape index (κ3) is 3.85. The summed E-state index contributed by atoms with van der Waals surface area (Å²) in [5.41, 5.74) is 10.8. The molecular weight excluding hydrogens is 386 g/mol. The van der Waals surface area contributed by atoms with Crippen LogP contribution >= 0.6 is 11.6 Å². The van der Waals surface area contributed by atoms with Crippen molar-refractivity contribution in [2.24, 2.45) is 5.73 Å². The van der Waals surface area contributed by atoms with E-state index in [0.717, 1.165) is 28.2 Å². The molecular formula is C21H24ClN7. The Morgan fingerprint density at radius 1 is 1.17 bits per heavy atom. The molecule has 2 heterocycles. The fourth-order valence-electron chi connectivity index (χ4n) is 3.70. The standard InChI is InChI=1S/C21H24ClN7/c1-13(23)29-18-7-2-14(15-11-26-21(25)27-12-15)10-19(18)28(9-8-20(29)24)17-5-3-16(22)4-6-17/h2-7,10-11,21,23-24,26-27H,8-9,12,25H2,1H3. The molecule has 2 aliphatic heterocycles. The van der Waals surface area contributed by atoms with Gasteiger partial charge in [-0.2, -0.15) is 0 Å². The summed E-state index contributed by atoms with van der Waals surface area (Å²) in [5, 5.41) is 23.7. The third-order valence-corrected chi connectivity index (χ3v) is 5.40. The van der Waals surface area contributed by atoms with Gasteiger partial charge in [-0.1, -0.05) is 17.7 Å². The Morgan fingerprint density at radius 2 is 1.93 bits per heavy atom. The maximum atomic E-state index is 8.50. The third-order valence-electron chi connectivity index (χ3n) is 5.14. The molecule has 0 aromatic heterocycles. The normalized spacial score (nSPS) is 19.2. The van der Waals surface area contributed by atoms with E-state index in [1.807, 2.05) is 42.6 Å². The number of fused-ring (bicyclic) bond motifs is 1. The van der Waals surface area contributed by atoms with Crippen molar-refractivity contribution in [2.45, 2.75) is 19.6 Å². The van der Waals surface area contributed by atoms with Crippen molar-refractivity contribution >= 4 is 45.9 Å². The first-order valence-corrected chi connectivity index (χ1v) is 9.86. The van der Waals surface area contributed by atoms with Crippen LogP contribution in [0.4, 0.5) is 17.1 Å². The maximum absolute atomic E-state index is 8.50. The first kappa shape index (κ1) is 19.4. The number of halogens is 1. The van der Waals surface area contributed by atoms with Gasteiger partial charge < -0.3 is 10.2 Å². The number of amidine groups is 2. The van der Waals surface area contributed by atoms with E-state index in [1.165, 1.54) is 0 Å². The Hall–Kier alpha value is -2.87. The second-order valence-electron chi connectivity index (χ2n) is 7.14. The Bertz CT molecular complexity index is 983. The topological polar surface area (TPSA) is 104 Å². The van der Waals surface area contributed by atoms with Crippen LogP contribution in [0.3, 0.4) is 0 Å². The van der Waals surface area contributed by atoms with Gasteiger partial charge in [0.25, 0.3) is 0 Å². The molecule has 4 rings (SSSR count). The molecule has 0 radical (unpaired) electrons. The number of hydrogen-bond donors (Lipinski definition) is 5. The van der Waals surface area contributed by atoms with Crippen molar-refractivity contribution in [3.05, 3.63) is 59.3 Å². The molecule has 1 atom stereocenters. The Kier molecular flexibility index (Phi) is 5.27. The highest BCUT2D eigenvalue weighted by Gasteiger charge is 2.27. The van der Waals surface area contributed by atoms with Crippen molar-refractivity contribution in [3.63, 3.8) is 0 Å². The van der Waals surface area contributed by atoms with Crippen molar-refractivity contribution in [2.75, 3.05) is 22.9 Å². The quantitative estimate of drug-likeness (QED) is 0.386. The van der Waals surface area contributed by atoms with Crippen LogP contribution < -0.4 is 26.2 Å². The van der Waals surface area contributed by atoms with E-state index in [1.54, 1.807) is 11.8 Å². The summed E-state index contributed by atoms with van der Waals surface area (Å²) in [4.78, 5) is 3.89. The number of rotatable bonds is 2. The van der Waals surface area contributed by atoms with Crippen LogP contribution in [0.2, 0.25) is 5.02 Å². The number of nitrogens with one attached hydrogen (secondary N) is 4. The monoisotopic (exact) mass is 409 g/mol. The summed E-state index contributed by atoms with van der Waals surface area (Å²) in [5.74, 6) is 0.738. The highest BCUT2D eigenvalue weighted by Crippen LogP contribution is 2.39. The van der Waals surface area contributed by atoms with Gasteiger partial charge >= 0.3 is 0 Å². The molecule has 0 fully saturated rings. The largest absolute Gasteiger partial charge is 0.364 e. The molecule has 0 saturated carbocycles. The lowest BCUT2D eigenvalue weighted by Crippen LogP contribution is -2.50. The van der Waals surface area contributed by atoms with Gasteiger partial charge in [0.05, 0.1) is 11.4 Å². The lowest BCUT2D eigenvalue weighted by molar-refractivity contribution is 0.499. The summed E-state index contributed by atoms with van der Waals surface area (Å²) in [6, 6.07) is 13.8. The molecule has 2 aliphatic rings. The zero-order chi connectivity index (χ0) is 20.5. The number of anilines is 3. The Balaban J connectivity index is 1.84. The summed E-state index contributed by atoms with van der Waals surface area (Å²) in [7, 11) is 0. The van der Waals surface area contributed by atoms with Gasteiger partial charge in [-0.25, -0.2) is 0 Å². The summed E-state index contributed by atoms with van der Waals surface area (Å²) in [6.07, 6.45) is 2.22. The second kappa shape index (κ2) is 7.87. The smallest absolute Gasteiger partial charge is 0.129 e. The first-order valence-electron chi connectivity index (χ1n) is 9.48. The average molecular weight is 410 g/mol. The SMILES string of the molecule is CC(=N)N1C(=N)CCN(c2ccc(Cl)cc2)c2cc(C3=CNC(N)NC3)ccc21. The van der Waals surface area contributed by atoms with Crippen LogP contribution in [0.5, 0.6) is 0 Å². The molecule has 7 nitrogen and oxygen atoms in total. The van der Waals surface area contributed by atoms with E-state index in [4.69, 9.17) is 28.2 Å². The van der Waals surface area contributed by atoms with Gasteiger partial charge in [0.2, 0.25) is 0 Å². The highest BCUT2D eigenvalue weighted by molar-refractivity contribution is 6.30. The van der Waals surface area contributed by atoms with Crippen LogP contribution in [-0.2, 0) is 0 Å². The predicted octanol–water partition coefficient (Wildman–Crippen LogP) is 3.44. The Labute approximate surface area is 175 Å². The molecule has 8 heteroatoms. The molecule has 2 aromatic rings. The molecule has 0 aliphatic carbocycles. The van der Waals surface area contributed by atoms with E-state index in [0.29, 0.717) is 36.2 Å². The molecule has 0 saturated heterocycles. The fourth-order valence-corrected chi connectivity index (χ4v) is 3.83. The average Bonchev–Trinajstić information content (AvgIpc) is 2.85. The number of benzene rings is 2. The van der Waals surface area contributed by atoms with Crippen molar-refractivity contribution in [1.29, 1.82) is 10.8 Å². The van der Waals surface area contributed by atoms with Gasteiger partial charge in [-0.05, 0) is 54.5 Å². The van der Waals surface area contributed by atoms with Crippen LogP contribution in [0.1, 0.15) is 18.9 Å². The second-order valence-corrected chi connectivity index (χ2v) is 7.58. The molecule has 0 bridgehead atoms. The van der Waals surface area contributed by atoms with E-state index in [-0.39, 0.29) is 6.29 Å². The van der Waals surface area contributed by atoms with E-state index in [9.17, 15) is 0 Å². The van der Waals surface area contributed by atoms with Crippen LogP contribution in [0.15, 0.2) is 48.7 Å². The molecule has 0 amide bonds. The minimum atomic E-state index is -0.248. The van der Waals surface area contributed by atoms with E-state index >= 15 is 0 Å². The number of nitrogens with two attached hydrogens (primary N) is 1. The summed E-state index contributed by atoms with van der Waals surface area (Å²) >= 11 is 6.09. The van der Waals surface area contributed by atoms with Crippen LogP contribution in [0.25, 0.3) is 5.57 Å². The molecule has 2 aromatic carbocycles. The number of hydrogen-bond acceptors (Lipinski definition) is 6.